The highest BCUT2D eigenvalue weighted by atomic mass is 35.5. The van der Waals surface area contributed by atoms with Gasteiger partial charge in [0.1, 0.15) is 23.2 Å². The van der Waals surface area contributed by atoms with Crippen LogP contribution in [0.2, 0.25) is 5.02 Å². The van der Waals surface area contributed by atoms with E-state index in [4.69, 9.17) is 16.9 Å². The molecule has 53 heavy (non-hydrogen) atoms. The lowest BCUT2D eigenvalue weighted by atomic mass is 9.94. The Labute approximate surface area is 305 Å². The monoisotopic (exact) mass is 755 g/mol. The summed E-state index contributed by atoms with van der Waals surface area (Å²) in [5, 5.41) is 22.1. The minimum atomic E-state index is -4.37. The number of carboxylic acid groups (broad SMARTS) is 1. The zero-order chi connectivity index (χ0) is 37.9. The van der Waals surface area contributed by atoms with Crippen LogP contribution in [0.1, 0.15) is 21.5 Å². The number of carbonyl (C=O) groups excluding carboxylic acids is 1. The summed E-state index contributed by atoms with van der Waals surface area (Å²) in [6.45, 7) is 0. The van der Waals surface area contributed by atoms with Crippen molar-refractivity contribution in [3.8, 4) is 28.3 Å². The van der Waals surface area contributed by atoms with E-state index in [2.05, 4.69) is 26.1 Å². The van der Waals surface area contributed by atoms with Gasteiger partial charge in [0.2, 0.25) is 5.95 Å². The molecule has 3 N–H and O–H groups in total. The quantitative estimate of drug-likeness (QED) is 0.116. The number of nitrogens with zero attached hydrogens (tertiary/aromatic N) is 3. The number of benzene rings is 4. The Kier molecular flexibility index (Phi) is 10.4. The number of aliphatic carboxylic acids is 1. The molecule has 15 heteroatoms. The number of carboxylic acids is 1. The zero-order valence-electron chi connectivity index (χ0n) is 27.1. The minimum absolute atomic E-state index is 0.173. The lowest BCUT2D eigenvalue weighted by Gasteiger charge is -2.18. The van der Waals surface area contributed by atoms with E-state index in [1.165, 1.54) is 36.5 Å². The smallest absolute Gasteiger partial charge is 0.326 e. The summed E-state index contributed by atoms with van der Waals surface area (Å²) >= 11 is 6.54. The number of hydrogen-bond donors (Lipinski definition) is 3. The fourth-order valence-corrected chi connectivity index (χ4v) is 7.07. The molecular weight excluding hydrogens is 731 g/mol. The van der Waals surface area contributed by atoms with Crippen LogP contribution in [0.3, 0.4) is 0 Å². The highest BCUT2D eigenvalue weighted by molar-refractivity contribution is 7.92. The third kappa shape index (κ3) is 7.96. The number of halogens is 4. The van der Waals surface area contributed by atoms with Crippen LogP contribution < -0.4 is 10.0 Å². The summed E-state index contributed by atoms with van der Waals surface area (Å²) in [5.41, 5.74) is 2.19. The van der Waals surface area contributed by atoms with Gasteiger partial charge in [-0.3, -0.25) is 14.5 Å². The fraction of sp³-hybridized carbons (Fsp3) is 0.0789. The van der Waals surface area contributed by atoms with Gasteiger partial charge < -0.3 is 10.4 Å². The van der Waals surface area contributed by atoms with Crippen molar-refractivity contribution in [2.75, 3.05) is 4.72 Å². The Hall–Kier alpha value is -6.30. The molecule has 0 aliphatic carbocycles. The number of aromatic nitrogens is 2. The van der Waals surface area contributed by atoms with Crippen molar-refractivity contribution in [1.82, 2.24) is 15.3 Å². The highest BCUT2D eigenvalue weighted by Gasteiger charge is 2.27. The number of carbonyl (C=O) groups is 2. The van der Waals surface area contributed by atoms with Gasteiger partial charge in [-0.25, -0.2) is 27.0 Å². The second kappa shape index (κ2) is 15.1. The van der Waals surface area contributed by atoms with E-state index in [1.807, 2.05) is 0 Å². The number of anilines is 1. The number of hydrogen-bond acceptors (Lipinski definition) is 7. The first-order valence-corrected chi connectivity index (χ1v) is 17.5. The molecule has 10 nitrogen and oxygen atoms in total. The average molecular weight is 756 g/mol. The van der Waals surface area contributed by atoms with Gasteiger partial charge in [0, 0.05) is 46.4 Å². The van der Waals surface area contributed by atoms with Gasteiger partial charge >= 0.3 is 5.97 Å². The molecule has 0 saturated carbocycles. The van der Waals surface area contributed by atoms with Gasteiger partial charge in [-0.1, -0.05) is 54.1 Å². The SMILES string of the molecule is N#CCc1ccc(-c2ccc(C[C@H](NC(=O)c3c(F)cc(NS(=O)(=O)c4ccc(-c5ccnc(F)c5)cc4)cc3F)C(=O)O)c3cccnc23)c(Cl)c1. The summed E-state index contributed by atoms with van der Waals surface area (Å²) in [4.78, 5) is 33.1. The van der Waals surface area contributed by atoms with Crippen LogP contribution in [-0.4, -0.2) is 41.4 Å². The Bertz CT molecular complexity index is 2540. The first-order valence-electron chi connectivity index (χ1n) is 15.6. The molecule has 1 amide bonds. The number of amides is 1. The molecule has 266 valence electrons. The summed E-state index contributed by atoms with van der Waals surface area (Å²) in [5.74, 6) is -6.48. The van der Waals surface area contributed by atoms with Crippen LogP contribution in [0.15, 0.2) is 108 Å². The number of nitrogens with one attached hydrogen (secondary N) is 2. The molecule has 6 aromatic rings. The molecule has 0 unspecified atom stereocenters. The minimum Gasteiger partial charge on any atom is -0.480 e. The normalized spacial score (nSPS) is 11.8. The number of nitriles is 1. The van der Waals surface area contributed by atoms with Crippen LogP contribution >= 0.6 is 11.6 Å². The molecule has 6 rings (SSSR count). The van der Waals surface area contributed by atoms with E-state index in [0.717, 1.165) is 11.6 Å². The van der Waals surface area contributed by atoms with Crippen LogP contribution in [0.25, 0.3) is 33.2 Å². The zero-order valence-corrected chi connectivity index (χ0v) is 28.7. The third-order valence-corrected chi connectivity index (χ3v) is 9.95. The topological polar surface area (TPSA) is 162 Å². The van der Waals surface area contributed by atoms with Crippen LogP contribution in [0, 0.1) is 28.9 Å². The Balaban J connectivity index is 1.20. The summed E-state index contributed by atoms with van der Waals surface area (Å²) in [6.07, 6.45) is 2.67. The Morgan fingerprint density at radius 3 is 2.25 bits per heavy atom. The standard InChI is InChI=1S/C38H25ClF3N5O5S/c39-30-16-21(11-13-43)3-9-28(30)29-10-6-24(27-2-1-14-45-36(27)29)17-33(38(49)50)46-37(48)35-31(40)19-25(20-32(35)41)47-53(51,52)26-7-4-22(5-8-26)23-12-15-44-34(42)18-23/h1-10,12,14-16,18-20,33,47H,11,17H2,(H,46,48)(H,49,50)/t33-/m0/s1. The summed E-state index contributed by atoms with van der Waals surface area (Å²) in [6, 6.07) is 21.4. The van der Waals surface area contributed by atoms with Crippen LogP contribution in [0.4, 0.5) is 18.9 Å². The van der Waals surface area contributed by atoms with Crippen molar-refractivity contribution < 1.29 is 36.3 Å². The number of sulfonamides is 1. The van der Waals surface area contributed by atoms with E-state index in [-0.39, 0.29) is 17.7 Å². The van der Waals surface area contributed by atoms with Gasteiger partial charge in [0.05, 0.1) is 28.6 Å². The second-order valence-corrected chi connectivity index (χ2v) is 13.8. The fourth-order valence-electron chi connectivity index (χ4n) is 5.73. The van der Waals surface area contributed by atoms with Gasteiger partial charge in [-0.2, -0.15) is 9.65 Å². The van der Waals surface area contributed by atoms with Crippen LogP contribution in [0.5, 0.6) is 0 Å². The maximum Gasteiger partial charge on any atom is 0.326 e. The molecule has 0 radical (unpaired) electrons. The van der Waals surface area contributed by atoms with E-state index >= 15 is 8.78 Å². The molecule has 2 aromatic heterocycles. The number of rotatable bonds is 11. The van der Waals surface area contributed by atoms with Crippen molar-refractivity contribution in [3.63, 3.8) is 0 Å². The van der Waals surface area contributed by atoms with E-state index in [9.17, 15) is 27.5 Å². The van der Waals surface area contributed by atoms with Gasteiger partial charge in [0.25, 0.3) is 15.9 Å². The molecule has 4 aromatic carbocycles. The molecule has 0 spiro atoms. The van der Waals surface area contributed by atoms with Gasteiger partial charge in [0.15, 0.2) is 0 Å². The molecule has 0 aliphatic rings. The van der Waals surface area contributed by atoms with Gasteiger partial charge in [-0.05, 0) is 64.7 Å². The number of fused-ring (bicyclic) bond motifs is 1. The molecule has 2 heterocycles. The van der Waals surface area contributed by atoms with Crippen molar-refractivity contribution >= 4 is 50.1 Å². The maximum atomic E-state index is 15.3. The average Bonchev–Trinajstić information content (AvgIpc) is 3.11. The molecule has 0 aliphatic heterocycles. The summed E-state index contributed by atoms with van der Waals surface area (Å²) < 4.78 is 72.1. The Morgan fingerprint density at radius 2 is 1.58 bits per heavy atom. The molecular formula is C38H25ClF3N5O5S. The van der Waals surface area contributed by atoms with Crippen LogP contribution in [-0.2, 0) is 27.7 Å². The van der Waals surface area contributed by atoms with Crippen molar-refractivity contribution in [3.05, 3.63) is 143 Å². The largest absolute Gasteiger partial charge is 0.480 e. The van der Waals surface area contributed by atoms with E-state index in [1.54, 1.807) is 48.7 Å². The molecule has 1 atom stereocenters. The van der Waals surface area contributed by atoms with E-state index in [0.29, 0.717) is 55.9 Å². The molecule has 0 saturated heterocycles. The number of pyridine rings is 2. The molecule has 0 fully saturated rings. The Morgan fingerprint density at radius 1 is 0.868 bits per heavy atom. The lowest BCUT2D eigenvalue weighted by molar-refractivity contribution is -0.139. The van der Waals surface area contributed by atoms with E-state index < -0.39 is 56.8 Å². The molecule has 0 bridgehead atoms. The maximum absolute atomic E-state index is 15.3. The second-order valence-electron chi connectivity index (χ2n) is 11.7. The van der Waals surface area contributed by atoms with Crippen molar-refractivity contribution in [1.29, 1.82) is 5.26 Å². The predicted octanol–water partition coefficient (Wildman–Crippen LogP) is 7.33. The van der Waals surface area contributed by atoms with Gasteiger partial charge in [-0.15, -0.1) is 0 Å². The van der Waals surface area contributed by atoms with Crippen molar-refractivity contribution in [2.24, 2.45) is 0 Å². The first-order chi connectivity index (χ1) is 25.3. The summed E-state index contributed by atoms with van der Waals surface area (Å²) in [7, 11) is -4.37. The third-order valence-electron chi connectivity index (χ3n) is 8.24. The van der Waals surface area contributed by atoms with Crippen molar-refractivity contribution in [2.45, 2.75) is 23.8 Å². The highest BCUT2D eigenvalue weighted by Crippen LogP contribution is 2.35. The predicted molar refractivity (Wildman–Crippen MR) is 191 cm³/mol. The lowest BCUT2D eigenvalue weighted by Crippen LogP contribution is -2.43. The first kappa shape index (κ1) is 36.5.